The Morgan fingerprint density at radius 1 is 0.783 bits per heavy atom. The molecule has 0 aliphatic rings. The molecule has 1 aromatic heterocycles. The van der Waals surface area contributed by atoms with Gasteiger partial charge >= 0.3 is 0 Å². The molecule has 1 heterocycles. The van der Waals surface area contributed by atoms with Gasteiger partial charge in [0.15, 0.2) is 11.6 Å². The number of nitrogens with two attached hydrogens (primary N) is 1. The van der Waals surface area contributed by atoms with E-state index in [4.69, 9.17) is 5.73 Å². The Labute approximate surface area is 147 Å². The quantitative estimate of drug-likeness (QED) is 0.372. The summed E-state index contributed by atoms with van der Waals surface area (Å²) in [5.41, 5.74) is 14.5. The Balaban J connectivity index is 1.74. The van der Waals surface area contributed by atoms with Crippen molar-refractivity contribution in [1.82, 2.24) is 9.97 Å². The molecule has 0 saturated carbocycles. The molecule has 6 nitrogen and oxygen atoms in total. The minimum absolute atomic E-state index is 0.439. The Morgan fingerprint density at radius 2 is 1.48 bits per heavy atom. The van der Waals surface area contributed by atoms with Crippen LogP contribution in [-0.2, 0) is 0 Å². The molecule has 116 valence electrons. The average Bonchev–Trinajstić information content (AvgIpc) is 2.58. The number of hydrogen-bond acceptors (Lipinski definition) is 6. The molecule has 2 aromatic carbocycles. The lowest BCUT2D eigenvalue weighted by atomic mass is 10.3. The molecule has 0 bridgehead atoms. The van der Waals surface area contributed by atoms with Crippen LogP contribution < -0.4 is 21.9 Å². The van der Waals surface area contributed by atoms with Gasteiger partial charge in [-0.1, -0.05) is 18.2 Å². The van der Waals surface area contributed by atoms with E-state index in [9.17, 15) is 0 Å². The molecule has 0 saturated heterocycles. The Bertz CT molecular complexity index is 776. The van der Waals surface area contributed by atoms with Gasteiger partial charge in [-0.3, -0.25) is 10.9 Å². The summed E-state index contributed by atoms with van der Waals surface area (Å²) in [5, 5.41) is 3.19. The zero-order valence-corrected chi connectivity index (χ0v) is 14.3. The van der Waals surface area contributed by atoms with E-state index in [-0.39, 0.29) is 0 Å². The first-order valence-corrected chi connectivity index (χ1v) is 8.00. The highest BCUT2D eigenvalue weighted by molar-refractivity contribution is 14.1. The second-order valence-corrected chi connectivity index (χ2v) is 5.98. The number of rotatable bonds is 5. The SMILES string of the molecule is Nc1c(NNc2ccccc2)ncnc1Nc1ccc(I)cc1. The number of halogens is 1. The second-order valence-electron chi connectivity index (χ2n) is 4.73. The molecular weight excluding hydrogens is 403 g/mol. The lowest BCUT2D eigenvalue weighted by Gasteiger charge is -2.13. The van der Waals surface area contributed by atoms with Crippen molar-refractivity contribution in [2.75, 3.05) is 21.9 Å². The number of nitrogen functional groups attached to an aromatic ring is 1. The molecule has 0 fully saturated rings. The zero-order valence-electron chi connectivity index (χ0n) is 12.1. The predicted octanol–water partition coefficient (Wildman–Crippen LogP) is 3.85. The summed E-state index contributed by atoms with van der Waals surface area (Å²) in [5.74, 6) is 1.07. The molecule has 5 N–H and O–H groups in total. The van der Waals surface area contributed by atoms with Gasteiger partial charge in [0.2, 0.25) is 0 Å². The number of hydrogen-bond donors (Lipinski definition) is 4. The van der Waals surface area contributed by atoms with Crippen LogP contribution in [-0.4, -0.2) is 9.97 Å². The minimum Gasteiger partial charge on any atom is -0.393 e. The van der Waals surface area contributed by atoms with E-state index in [0.717, 1.165) is 11.4 Å². The average molecular weight is 418 g/mol. The first-order valence-electron chi connectivity index (χ1n) is 6.92. The van der Waals surface area contributed by atoms with E-state index < -0.39 is 0 Å². The molecular formula is C16H15IN6. The van der Waals surface area contributed by atoms with Crippen molar-refractivity contribution >= 4 is 51.3 Å². The van der Waals surface area contributed by atoms with Gasteiger partial charge in [0.25, 0.3) is 0 Å². The molecule has 3 rings (SSSR count). The van der Waals surface area contributed by atoms with Crippen LogP contribution in [0.1, 0.15) is 0 Å². The predicted molar refractivity (Wildman–Crippen MR) is 103 cm³/mol. The fourth-order valence-corrected chi connectivity index (χ4v) is 2.28. The van der Waals surface area contributed by atoms with Gasteiger partial charge in [-0.25, -0.2) is 9.97 Å². The third kappa shape index (κ3) is 4.01. The van der Waals surface area contributed by atoms with Crippen LogP contribution in [0.2, 0.25) is 0 Å². The van der Waals surface area contributed by atoms with Crippen LogP contribution >= 0.6 is 22.6 Å². The van der Waals surface area contributed by atoms with Crippen LogP contribution in [0.3, 0.4) is 0 Å². The second kappa shape index (κ2) is 7.14. The van der Waals surface area contributed by atoms with Gasteiger partial charge in [0.05, 0.1) is 5.69 Å². The van der Waals surface area contributed by atoms with E-state index in [0.29, 0.717) is 17.3 Å². The molecule has 0 radical (unpaired) electrons. The fraction of sp³-hybridized carbons (Fsp3) is 0. The first-order chi connectivity index (χ1) is 11.2. The first kappa shape index (κ1) is 15.3. The molecule has 0 aliphatic carbocycles. The van der Waals surface area contributed by atoms with Gasteiger partial charge in [-0.2, -0.15) is 0 Å². The molecule has 23 heavy (non-hydrogen) atoms. The van der Waals surface area contributed by atoms with Crippen molar-refractivity contribution in [3.8, 4) is 0 Å². The summed E-state index contributed by atoms with van der Waals surface area (Å²) in [4.78, 5) is 8.35. The Hall–Kier alpha value is -2.55. The lowest BCUT2D eigenvalue weighted by Crippen LogP contribution is -2.13. The Morgan fingerprint density at radius 3 is 2.22 bits per heavy atom. The van der Waals surface area contributed by atoms with Crippen molar-refractivity contribution in [3.63, 3.8) is 0 Å². The number of nitrogens with zero attached hydrogens (tertiary/aromatic N) is 2. The lowest BCUT2D eigenvalue weighted by molar-refractivity contribution is 1.16. The summed E-state index contributed by atoms with van der Waals surface area (Å²) in [6.45, 7) is 0. The maximum atomic E-state index is 6.13. The molecule has 0 spiro atoms. The number of aromatic nitrogens is 2. The largest absolute Gasteiger partial charge is 0.393 e. The molecule has 0 amide bonds. The molecule has 0 unspecified atom stereocenters. The highest BCUT2D eigenvalue weighted by Crippen LogP contribution is 2.26. The third-order valence-electron chi connectivity index (χ3n) is 3.09. The maximum Gasteiger partial charge on any atom is 0.173 e. The van der Waals surface area contributed by atoms with Gasteiger partial charge < -0.3 is 11.1 Å². The van der Waals surface area contributed by atoms with Crippen molar-refractivity contribution in [3.05, 3.63) is 64.5 Å². The van der Waals surface area contributed by atoms with Crippen molar-refractivity contribution in [1.29, 1.82) is 0 Å². The zero-order chi connectivity index (χ0) is 16.1. The Kier molecular flexibility index (Phi) is 4.77. The number of anilines is 5. The summed E-state index contributed by atoms with van der Waals surface area (Å²) < 4.78 is 1.17. The molecule has 0 aliphatic heterocycles. The highest BCUT2D eigenvalue weighted by atomic mass is 127. The number of para-hydroxylation sites is 1. The van der Waals surface area contributed by atoms with Crippen LogP contribution in [0.15, 0.2) is 60.9 Å². The van der Waals surface area contributed by atoms with E-state index >= 15 is 0 Å². The number of benzene rings is 2. The van der Waals surface area contributed by atoms with Crippen molar-refractivity contribution in [2.45, 2.75) is 0 Å². The van der Waals surface area contributed by atoms with Crippen LogP contribution in [0, 0.1) is 3.57 Å². The van der Waals surface area contributed by atoms with Gasteiger partial charge in [0, 0.05) is 9.26 Å². The van der Waals surface area contributed by atoms with Gasteiger partial charge in [-0.15, -0.1) is 0 Å². The van der Waals surface area contributed by atoms with Gasteiger partial charge in [0.1, 0.15) is 12.0 Å². The standard InChI is InChI=1S/C16H15IN6/c17-11-6-8-12(9-7-11)21-15-14(18)16(20-10-19-15)23-22-13-4-2-1-3-5-13/h1-10,22H,18H2,(H2,19,20,21,23). The summed E-state index contributed by atoms with van der Waals surface area (Å²) in [6.07, 6.45) is 1.46. The maximum absolute atomic E-state index is 6.13. The molecule has 7 heteroatoms. The molecule has 3 aromatic rings. The van der Waals surface area contributed by atoms with Crippen LogP contribution in [0.5, 0.6) is 0 Å². The van der Waals surface area contributed by atoms with Gasteiger partial charge in [-0.05, 0) is 59.0 Å². The van der Waals surface area contributed by atoms with Crippen molar-refractivity contribution < 1.29 is 0 Å². The van der Waals surface area contributed by atoms with E-state index in [2.05, 4.69) is 48.7 Å². The summed E-state index contributed by atoms with van der Waals surface area (Å²) in [6, 6.07) is 17.7. The minimum atomic E-state index is 0.439. The third-order valence-corrected chi connectivity index (χ3v) is 3.81. The topological polar surface area (TPSA) is 87.9 Å². The number of nitrogens with one attached hydrogen (secondary N) is 3. The summed E-state index contributed by atoms with van der Waals surface area (Å²) in [7, 11) is 0. The van der Waals surface area contributed by atoms with Crippen molar-refractivity contribution in [2.24, 2.45) is 0 Å². The highest BCUT2D eigenvalue weighted by Gasteiger charge is 2.08. The fourth-order valence-electron chi connectivity index (χ4n) is 1.92. The smallest absolute Gasteiger partial charge is 0.173 e. The molecule has 0 atom stereocenters. The number of hydrazine groups is 1. The van der Waals surface area contributed by atoms with Crippen LogP contribution in [0.4, 0.5) is 28.7 Å². The summed E-state index contributed by atoms with van der Waals surface area (Å²) >= 11 is 2.26. The normalized spacial score (nSPS) is 10.1. The van der Waals surface area contributed by atoms with E-state index in [1.807, 2.05) is 54.6 Å². The monoisotopic (exact) mass is 418 g/mol. The van der Waals surface area contributed by atoms with Crippen LogP contribution in [0.25, 0.3) is 0 Å². The van der Waals surface area contributed by atoms with E-state index in [1.165, 1.54) is 9.90 Å². The van der Waals surface area contributed by atoms with E-state index in [1.54, 1.807) is 0 Å².